The van der Waals surface area contributed by atoms with Gasteiger partial charge < -0.3 is 10.4 Å². The van der Waals surface area contributed by atoms with Crippen LogP contribution in [0, 0.1) is 5.82 Å². The van der Waals surface area contributed by atoms with E-state index in [2.05, 4.69) is 11.4 Å². The summed E-state index contributed by atoms with van der Waals surface area (Å²) >= 11 is 5.74. The smallest absolute Gasteiger partial charge is 0.141 e. The highest BCUT2D eigenvalue weighted by atomic mass is 35.5. The molecule has 1 aromatic carbocycles. The van der Waals surface area contributed by atoms with Gasteiger partial charge in [-0.15, -0.1) is 0 Å². The molecule has 0 aromatic heterocycles. The zero-order chi connectivity index (χ0) is 11.5. The fraction of sp³-hybridized carbons (Fsp3) is 0.333. The van der Waals surface area contributed by atoms with Crippen LogP contribution in [0.15, 0.2) is 24.3 Å². The summed E-state index contributed by atoms with van der Waals surface area (Å²) in [6.45, 7) is 0.879. The van der Waals surface area contributed by atoms with Gasteiger partial charge in [-0.1, -0.05) is 23.7 Å². The predicted molar refractivity (Wildman–Crippen MR) is 62.9 cm³/mol. The molecule has 0 aliphatic carbocycles. The van der Waals surface area contributed by atoms with Crippen molar-refractivity contribution in [1.29, 1.82) is 0 Å². The molecule has 0 bridgehead atoms. The van der Waals surface area contributed by atoms with Crippen molar-refractivity contribution in [2.75, 3.05) is 13.2 Å². The Morgan fingerprint density at radius 2 is 2.31 bits per heavy atom. The lowest BCUT2D eigenvalue weighted by molar-refractivity contribution is 0.266. The lowest BCUT2D eigenvalue weighted by Crippen LogP contribution is -2.36. The summed E-state index contributed by atoms with van der Waals surface area (Å²) in [5.74, 6) is -0.421. The third-order valence-electron chi connectivity index (χ3n) is 2.71. The Kier molecular flexibility index (Phi) is 3.59. The molecule has 0 amide bonds. The zero-order valence-electron chi connectivity index (χ0n) is 8.71. The molecule has 0 fully saturated rings. The van der Waals surface area contributed by atoms with Gasteiger partial charge in [-0.2, -0.15) is 0 Å². The normalized spacial score (nSPS) is 20.7. The molecule has 1 aliphatic rings. The molecule has 4 heteroatoms. The lowest BCUT2D eigenvalue weighted by atomic mass is 9.95. The van der Waals surface area contributed by atoms with Crippen molar-refractivity contribution in [3.63, 3.8) is 0 Å². The number of aliphatic hydroxyl groups is 1. The molecule has 1 aromatic rings. The summed E-state index contributed by atoms with van der Waals surface area (Å²) in [5, 5.41) is 12.5. The van der Waals surface area contributed by atoms with Crippen molar-refractivity contribution in [2.24, 2.45) is 0 Å². The van der Waals surface area contributed by atoms with E-state index in [0.717, 1.165) is 24.1 Å². The molecule has 1 aliphatic heterocycles. The predicted octanol–water partition coefficient (Wildman–Crippen LogP) is 2.22. The number of nitrogens with one attached hydrogen (secondary N) is 1. The van der Waals surface area contributed by atoms with Crippen molar-refractivity contribution in [3.05, 3.63) is 40.7 Å². The van der Waals surface area contributed by atoms with Gasteiger partial charge in [-0.3, -0.25) is 0 Å². The third-order valence-corrected chi connectivity index (χ3v) is 3.00. The van der Waals surface area contributed by atoms with Crippen LogP contribution in [0.25, 0.3) is 5.57 Å². The average molecular weight is 242 g/mol. The van der Waals surface area contributed by atoms with E-state index < -0.39 is 5.82 Å². The SMILES string of the molecule is OCC1NCCC=C1c1ccc(F)c(Cl)c1. The Labute approximate surface area is 98.7 Å². The molecule has 0 saturated heterocycles. The van der Waals surface area contributed by atoms with Crippen molar-refractivity contribution in [1.82, 2.24) is 5.32 Å². The first-order chi connectivity index (χ1) is 7.72. The minimum atomic E-state index is -0.421. The fourth-order valence-corrected chi connectivity index (χ4v) is 2.08. The molecule has 86 valence electrons. The highest BCUT2D eigenvalue weighted by Gasteiger charge is 2.18. The number of rotatable bonds is 2. The van der Waals surface area contributed by atoms with Gasteiger partial charge in [0, 0.05) is 0 Å². The summed E-state index contributed by atoms with van der Waals surface area (Å²) in [5.41, 5.74) is 1.84. The minimum absolute atomic E-state index is 0.0286. The molecular formula is C12H13ClFNO. The molecule has 2 rings (SSSR count). The maximum Gasteiger partial charge on any atom is 0.141 e. The average Bonchev–Trinajstić information content (AvgIpc) is 2.32. The molecule has 0 saturated carbocycles. The van der Waals surface area contributed by atoms with Gasteiger partial charge in [-0.25, -0.2) is 4.39 Å². The van der Waals surface area contributed by atoms with Crippen molar-refractivity contribution < 1.29 is 9.50 Å². The zero-order valence-corrected chi connectivity index (χ0v) is 9.47. The second-order valence-corrected chi connectivity index (χ2v) is 4.17. The molecule has 1 unspecified atom stereocenters. The van der Waals surface area contributed by atoms with E-state index in [0.29, 0.717) is 0 Å². The van der Waals surface area contributed by atoms with E-state index in [1.165, 1.54) is 6.07 Å². The Morgan fingerprint density at radius 3 is 3.00 bits per heavy atom. The Bertz CT molecular complexity index is 419. The van der Waals surface area contributed by atoms with Crippen molar-refractivity contribution >= 4 is 17.2 Å². The molecule has 2 N–H and O–H groups in total. The maximum absolute atomic E-state index is 13.0. The van der Waals surface area contributed by atoms with Crippen LogP contribution in [0.5, 0.6) is 0 Å². The first kappa shape index (κ1) is 11.6. The van der Waals surface area contributed by atoms with Gasteiger partial charge in [0.1, 0.15) is 5.82 Å². The summed E-state index contributed by atoms with van der Waals surface area (Å²) in [6.07, 6.45) is 2.96. The minimum Gasteiger partial charge on any atom is -0.394 e. The van der Waals surface area contributed by atoms with Crippen LogP contribution in [-0.4, -0.2) is 24.3 Å². The Morgan fingerprint density at radius 1 is 1.50 bits per heavy atom. The van der Waals surface area contributed by atoms with Crippen LogP contribution >= 0.6 is 11.6 Å². The molecule has 1 heterocycles. The topological polar surface area (TPSA) is 32.3 Å². The van der Waals surface area contributed by atoms with E-state index >= 15 is 0 Å². The van der Waals surface area contributed by atoms with Gasteiger partial charge in [0.15, 0.2) is 0 Å². The molecule has 2 nitrogen and oxygen atoms in total. The monoisotopic (exact) mass is 241 g/mol. The van der Waals surface area contributed by atoms with Crippen LogP contribution in [0.2, 0.25) is 5.02 Å². The van der Waals surface area contributed by atoms with E-state index in [1.807, 2.05) is 0 Å². The first-order valence-corrected chi connectivity index (χ1v) is 5.60. The summed E-state index contributed by atoms with van der Waals surface area (Å²) < 4.78 is 13.0. The highest BCUT2D eigenvalue weighted by molar-refractivity contribution is 6.30. The Balaban J connectivity index is 2.35. The number of aliphatic hydroxyl groups excluding tert-OH is 1. The van der Waals surface area contributed by atoms with Crippen LogP contribution in [0.4, 0.5) is 4.39 Å². The summed E-state index contributed by atoms with van der Waals surface area (Å²) in [4.78, 5) is 0. The van der Waals surface area contributed by atoms with Crippen LogP contribution < -0.4 is 5.32 Å². The summed E-state index contributed by atoms with van der Waals surface area (Å²) in [6, 6.07) is 4.54. The summed E-state index contributed by atoms with van der Waals surface area (Å²) in [7, 11) is 0. The van der Waals surface area contributed by atoms with E-state index in [1.54, 1.807) is 12.1 Å². The molecule has 1 atom stereocenters. The van der Waals surface area contributed by atoms with Crippen molar-refractivity contribution in [2.45, 2.75) is 12.5 Å². The largest absolute Gasteiger partial charge is 0.394 e. The van der Waals surface area contributed by atoms with Gasteiger partial charge in [0.25, 0.3) is 0 Å². The van der Waals surface area contributed by atoms with Gasteiger partial charge in [0.05, 0.1) is 17.7 Å². The van der Waals surface area contributed by atoms with E-state index in [4.69, 9.17) is 11.6 Å². The maximum atomic E-state index is 13.0. The molecular weight excluding hydrogens is 229 g/mol. The molecule has 16 heavy (non-hydrogen) atoms. The quantitative estimate of drug-likeness (QED) is 0.832. The first-order valence-electron chi connectivity index (χ1n) is 5.22. The van der Waals surface area contributed by atoms with Gasteiger partial charge >= 0.3 is 0 Å². The van der Waals surface area contributed by atoms with E-state index in [9.17, 15) is 9.50 Å². The van der Waals surface area contributed by atoms with Gasteiger partial charge in [0.2, 0.25) is 0 Å². The number of hydrogen-bond donors (Lipinski definition) is 2. The Hall–Kier alpha value is -0.900. The molecule has 0 spiro atoms. The number of halogens is 2. The lowest BCUT2D eigenvalue weighted by Gasteiger charge is -2.24. The van der Waals surface area contributed by atoms with Crippen LogP contribution in [0.1, 0.15) is 12.0 Å². The second-order valence-electron chi connectivity index (χ2n) is 3.77. The number of benzene rings is 1. The van der Waals surface area contributed by atoms with Crippen molar-refractivity contribution in [3.8, 4) is 0 Å². The fourth-order valence-electron chi connectivity index (χ4n) is 1.90. The van der Waals surface area contributed by atoms with Gasteiger partial charge in [-0.05, 0) is 36.2 Å². The van der Waals surface area contributed by atoms with E-state index in [-0.39, 0.29) is 17.7 Å². The van der Waals surface area contributed by atoms with Crippen LogP contribution in [0.3, 0.4) is 0 Å². The highest BCUT2D eigenvalue weighted by Crippen LogP contribution is 2.25. The second kappa shape index (κ2) is 4.95. The number of hydrogen-bond acceptors (Lipinski definition) is 2. The standard InChI is InChI=1S/C12H13ClFNO/c13-10-6-8(3-4-11(10)14)9-2-1-5-15-12(9)7-16/h2-4,6,12,15-16H,1,5,7H2. The van der Waals surface area contributed by atoms with Crippen LogP contribution in [-0.2, 0) is 0 Å². The third kappa shape index (κ3) is 2.26. The molecule has 0 radical (unpaired) electrons.